The molecule has 7 heteroatoms. The Hall–Kier alpha value is -2.83. The number of esters is 1. The SMILES string of the molecule is COC(=O)C1CC12CCN(C(=O)COc1ccc3ccc(=O)oc3c1)CC2. The number of nitrogens with zero attached hydrogens (tertiary/aromatic N) is 1. The molecule has 0 radical (unpaired) electrons. The summed E-state index contributed by atoms with van der Waals surface area (Å²) in [5.41, 5.74) is 0.0268. The van der Waals surface area contributed by atoms with E-state index in [-0.39, 0.29) is 29.8 Å². The highest BCUT2D eigenvalue weighted by Crippen LogP contribution is 2.59. The summed E-state index contributed by atoms with van der Waals surface area (Å²) < 4.78 is 15.5. The number of carbonyl (C=O) groups excluding carboxylic acids is 2. The number of likely N-dealkylation sites (tertiary alicyclic amines) is 1. The van der Waals surface area contributed by atoms with Crippen LogP contribution < -0.4 is 10.4 Å². The van der Waals surface area contributed by atoms with Crippen LogP contribution in [0.5, 0.6) is 5.75 Å². The summed E-state index contributed by atoms with van der Waals surface area (Å²) in [4.78, 5) is 37.2. The molecular weight excluding hydrogens is 350 g/mol. The number of fused-ring (bicyclic) bond motifs is 1. The fraction of sp³-hybridized carbons (Fsp3) is 0.450. The third kappa shape index (κ3) is 3.41. The van der Waals surface area contributed by atoms with Crippen LogP contribution in [0.25, 0.3) is 11.0 Å². The molecule has 1 saturated carbocycles. The van der Waals surface area contributed by atoms with E-state index in [9.17, 15) is 14.4 Å². The highest BCUT2D eigenvalue weighted by molar-refractivity contribution is 5.80. The average molecular weight is 371 g/mol. The van der Waals surface area contributed by atoms with E-state index in [4.69, 9.17) is 13.9 Å². The first-order valence-electron chi connectivity index (χ1n) is 9.03. The number of ether oxygens (including phenoxy) is 2. The largest absolute Gasteiger partial charge is 0.484 e. The molecule has 1 aromatic carbocycles. The Bertz CT molecular complexity index is 941. The second-order valence-corrected chi connectivity index (χ2v) is 7.27. The van der Waals surface area contributed by atoms with Crippen LogP contribution in [-0.2, 0) is 14.3 Å². The zero-order valence-corrected chi connectivity index (χ0v) is 15.1. The molecule has 2 aliphatic rings. The molecule has 1 amide bonds. The van der Waals surface area contributed by atoms with Gasteiger partial charge in [0.2, 0.25) is 0 Å². The molecule has 1 aliphatic carbocycles. The maximum Gasteiger partial charge on any atom is 0.336 e. The van der Waals surface area contributed by atoms with Crippen molar-refractivity contribution in [2.75, 3.05) is 26.8 Å². The first kappa shape index (κ1) is 17.6. The van der Waals surface area contributed by atoms with Crippen LogP contribution in [-0.4, -0.2) is 43.6 Å². The summed E-state index contributed by atoms with van der Waals surface area (Å²) in [5, 5.41) is 0.791. The lowest BCUT2D eigenvalue weighted by Gasteiger charge is -2.32. The number of amides is 1. The fourth-order valence-electron chi connectivity index (χ4n) is 3.94. The van der Waals surface area contributed by atoms with Gasteiger partial charge in [0, 0.05) is 30.6 Å². The van der Waals surface area contributed by atoms with Crippen molar-refractivity contribution in [3.63, 3.8) is 0 Å². The number of piperidine rings is 1. The number of methoxy groups -OCH3 is 1. The van der Waals surface area contributed by atoms with Crippen molar-refractivity contribution in [1.82, 2.24) is 4.90 Å². The predicted octanol–water partition coefficient (Wildman–Crippen LogP) is 1.97. The van der Waals surface area contributed by atoms with Gasteiger partial charge in [0.1, 0.15) is 11.3 Å². The molecule has 0 N–H and O–H groups in total. The zero-order chi connectivity index (χ0) is 19.0. The summed E-state index contributed by atoms with van der Waals surface area (Å²) >= 11 is 0. The third-order valence-corrected chi connectivity index (χ3v) is 5.74. The summed E-state index contributed by atoms with van der Waals surface area (Å²) in [5.74, 6) is 0.241. The van der Waals surface area contributed by atoms with Crippen molar-refractivity contribution in [1.29, 1.82) is 0 Å². The van der Waals surface area contributed by atoms with E-state index >= 15 is 0 Å². The van der Waals surface area contributed by atoms with Crippen LogP contribution in [0.2, 0.25) is 0 Å². The minimum Gasteiger partial charge on any atom is -0.484 e. The standard InChI is InChI=1S/C20H21NO6/c1-25-19(24)15-11-20(15)6-8-21(9-7-20)17(22)12-26-14-4-2-13-3-5-18(23)27-16(13)10-14/h2-5,10,15H,6-9,11-12H2,1H3. The lowest BCUT2D eigenvalue weighted by atomic mass is 9.91. The number of carbonyl (C=O) groups is 2. The Balaban J connectivity index is 1.32. The van der Waals surface area contributed by atoms with Crippen molar-refractivity contribution in [3.8, 4) is 5.75 Å². The van der Waals surface area contributed by atoms with E-state index in [1.807, 2.05) is 0 Å². The molecule has 1 atom stereocenters. The molecule has 142 valence electrons. The molecule has 1 unspecified atom stereocenters. The Morgan fingerprint density at radius 2 is 1.96 bits per heavy atom. The summed E-state index contributed by atoms with van der Waals surface area (Å²) in [7, 11) is 1.42. The summed E-state index contributed by atoms with van der Waals surface area (Å²) in [6.45, 7) is 1.18. The van der Waals surface area contributed by atoms with Crippen molar-refractivity contribution < 1.29 is 23.5 Å². The highest BCUT2D eigenvalue weighted by atomic mass is 16.5. The van der Waals surface area contributed by atoms with Gasteiger partial charge in [-0.25, -0.2) is 4.79 Å². The predicted molar refractivity (Wildman–Crippen MR) is 96.3 cm³/mol. The number of hydrogen-bond donors (Lipinski definition) is 0. The Morgan fingerprint density at radius 3 is 2.70 bits per heavy atom. The van der Waals surface area contributed by atoms with Crippen molar-refractivity contribution in [2.45, 2.75) is 19.3 Å². The van der Waals surface area contributed by atoms with E-state index in [0.29, 0.717) is 24.4 Å². The van der Waals surface area contributed by atoms with Gasteiger partial charge >= 0.3 is 11.6 Å². The molecule has 2 fully saturated rings. The third-order valence-electron chi connectivity index (χ3n) is 5.74. The van der Waals surface area contributed by atoms with Crippen LogP contribution in [0.4, 0.5) is 0 Å². The van der Waals surface area contributed by atoms with Gasteiger partial charge in [-0.15, -0.1) is 0 Å². The van der Waals surface area contributed by atoms with Crippen LogP contribution in [0.3, 0.4) is 0 Å². The summed E-state index contributed by atoms with van der Waals surface area (Å²) in [6.07, 6.45) is 2.50. The average Bonchev–Trinajstić information content (AvgIpc) is 3.38. The van der Waals surface area contributed by atoms with Crippen LogP contribution in [0.1, 0.15) is 19.3 Å². The molecule has 7 nitrogen and oxygen atoms in total. The molecule has 2 heterocycles. The van der Waals surface area contributed by atoms with Crippen LogP contribution >= 0.6 is 0 Å². The van der Waals surface area contributed by atoms with Crippen LogP contribution in [0.15, 0.2) is 39.5 Å². The van der Waals surface area contributed by atoms with E-state index in [0.717, 1.165) is 24.6 Å². The Kier molecular flexibility index (Phi) is 4.37. The van der Waals surface area contributed by atoms with Gasteiger partial charge in [-0.2, -0.15) is 0 Å². The van der Waals surface area contributed by atoms with Gasteiger partial charge in [0.05, 0.1) is 13.0 Å². The molecule has 2 aromatic rings. The van der Waals surface area contributed by atoms with Gasteiger partial charge in [-0.05, 0) is 42.9 Å². The van der Waals surface area contributed by atoms with E-state index in [2.05, 4.69) is 0 Å². The molecular formula is C20H21NO6. The molecule has 1 aliphatic heterocycles. The Labute approximate surface area is 155 Å². The van der Waals surface area contributed by atoms with Crippen LogP contribution in [0, 0.1) is 11.3 Å². The Morgan fingerprint density at radius 1 is 1.22 bits per heavy atom. The minimum atomic E-state index is -0.427. The maximum atomic E-state index is 12.4. The molecule has 4 rings (SSSR count). The van der Waals surface area contributed by atoms with Gasteiger partial charge in [-0.1, -0.05) is 0 Å². The molecule has 1 aromatic heterocycles. The number of benzene rings is 1. The first-order chi connectivity index (χ1) is 13.0. The van der Waals surface area contributed by atoms with Crippen molar-refractivity contribution in [2.24, 2.45) is 11.3 Å². The van der Waals surface area contributed by atoms with Gasteiger partial charge in [0.25, 0.3) is 5.91 Å². The fourth-order valence-corrected chi connectivity index (χ4v) is 3.94. The molecule has 1 saturated heterocycles. The lowest BCUT2D eigenvalue weighted by Crippen LogP contribution is -2.42. The number of rotatable bonds is 4. The van der Waals surface area contributed by atoms with Gasteiger partial charge in [0.15, 0.2) is 6.61 Å². The lowest BCUT2D eigenvalue weighted by molar-refractivity contribution is -0.143. The van der Waals surface area contributed by atoms with Gasteiger partial charge < -0.3 is 18.8 Å². The topological polar surface area (TPSA) is 86.0 Å². The smallest absolute Gasteiger partial charge is 0.336 e. The zero-order valence-electron chi connectivity index (χ0n) is 15.1. The molecule has 1 spiro atoms. The second kappa shape index (κ2) is 6.72. The maximum absolute atomic E-state index is 12.4. The van der Waals surface area contributed by atoms with E-state index in [1.165, 1.54) is 13.2 Å². The monoisotopic (exact) mass is 371 g/mol. The highest BCUT2D eigenvalue weighted by Gasteiger charge is 2.59. The summed E-state index contributed by atoms with van der Waals surface area (Å²) in [6, 6.07) is 8.17. The van der Waals surface area contributed by atoms with Crippen molar-refractivity contribution in [3.05, 3.63) is 40.8 Å². The van der Waals surface area contributed by atoms with E-state index < -0.39 is 5.63 Å². The van der Waals surface area contributed by atoms with Gasteiger partial charge in [-0.3, -0.25) is 9.59 Å². The normalized spacial score (nSPS) is 20.5. The van der Waals surface area contributed by atoms with E-state index in [1.54, 1.807) is 29.2 Å². The molecule has 0 bridgehead atoms. The molecule has 27 heavy (non-hydrogen) atoms. The first-order valence-corrected chi connectivity index (χ1v) is 9.03. The quantitative estimate of drug-likeness (QED) is 0.603. The minimum absolute atomic E-state index is 0.0109. The number of hydrogen-bond acceptors (Lipinski definition) is 6. The second-order valence-electron chi connectivity index (χ2n) is 7.27. The van der Waals surface area contributed by atoms with Crippen molar-refractivity contribution >= 4 is 22.8 Å².